The summed E-state index contributed by atoms with van der Waals surface area (Å²) in [6.45, 7) is 0. The quantitative estimate of drug-likeness (QED) is 0.371. The minimum absolute atomic E-state index is 0. The van der Waals surface area contributed by atoms with Gasteiger partial charge in [0.15, 0.2) is 0 Å². The molecule has 6 nitrogen and oxygen atoms in total. The maximum Gasteiger partial charge on any atom is 4.00 e. The van der Waals surface area contributed by atoms with Gasteiger partial charge >= 0.3 is 26.2 Å². The van der Waals surface area contributed by atoms with Crippen molar-refractivity contribution >= 4 is 0 Å². The first kappa shape index (κ1) is 816. The largest absolute Gasteiger partial charge is 4.00 e. The third kappa shape index (κ3) is 346. The van der Waals surface area contributed by atoms with E-state index < -0.39 is 0 Å². The van der Waals surface area contributed by atoms with Crippen molar-refractivity contribution in [2.45, 2.75) is 0 Å². The van der Waals surface area contributed by atoms with Crippen LogP contribution in [0.1, 0.15) is 0 Å². The van der Waals surface area contributed by atoms with Gasteiger partial charge in [0.1, 0.15) is 0 Å². The van der Waals surface area contributed by atoms with E-state index in [2.05, 4.69) is 0 Å². The average molecular weight is 195 g/mol. The molecule has 0 spiro atoms. The molecule has 0 bridgehead atoms. The van der Waals surface area contributed by atoms with Crippen molar-refractivity contribution in [2.75, 3.05) is 0 Å². The maximum absolute atomic E-state index is 0. The molecular weight excluding hydrogens is 187 g/mol. The van der Waals surface area contributed by atoms with Gasteiger partial charge in [0.2, 0.25) is 0 Å². The molecule has 0 aromatic heterocycles. The Hall–Kier alpha value is 0.643. The van der Waals surface area contributed by atoms with E-state index in [1.54, 1.807) is 0 Å². The fourth-order valence-electron chi connectivity index (χ4n) is 0. The zero-order valence-electron chi connectivity index (χ0n) is 3.32. The molecule has 0 amide bonds. The fourth-order valence-corrected chi connectivity index (χ4v) is 0. The summed E-state index contributed by atoms with van der Waals surface area (Å²) < 4.78 is 0. The van der Waals surface area contributed by atoms with Gasteiger partial charge in [-0.15, -0.1) is 0 Å². The Kier molecular flexibility index (Phi) is 59600. The van der Waals surface area contributed by atoms with Crippen LogP contribution in [0.4, 0.5) is 0 Å². The third-order valence-electron chi connectivity index (χ3n) is 0. The Bertz CT molecular complexity index is 4.14. The average Bonchev–Trinajstić information content (AvgIpc) is 0. The van der Waals surface area contributed by atoms with Gasteiger partial charge in [-0.1, -0.05) is 0 Å². The number of hydrogen-bond acceptors (Lipinski definition) is 0. The molecule has 0 aromatic carbocycles. The minimum atomic E-state index is 0. The van der Waals surface area contributed by atoms with Crippen molar-refractivity contribution in [1.82, 2.24) is 0 Å². The van der Waals surface area contributed by atoms with Crippen LogP contribution in [0.15, 0.2) is 0 Å². The molecule has 0 fully saturated rings. The van der Waals surface area contributed by atoms with Crippen LogP contribution in [0.2, 0.25) is 0 Å². The second kappa shape index (κ2) is 511. The van der Waals surface area contributed by atoms with E-state index in [-0.39, 0.29) is 59.1 Å². The molecule has 48 valence electrons. The van der Waals surface area contributed by atoms with Crippen LogP contribution in [0.25, 0.3) is 0 Å². The Balaban J connectivity index is 0. The van der Waals surface area contributed by atoms with Crippen molar-refractivity contribution in [3.8, 4) is 0 Å². The summed E-state index contributed by atoms with van der Waals surface area (Å²) in [6.07, 6.45) is 0. The first-order valence-electron chi connectivity index (χ1n) is 0. The van der Waals surface area contributed by atoms with Crippen LogP contribution < -0.4 is 0 Å². The standard InChI is InChI=1S/4H2O.2O.Zr/h4*1H2;;;/q;;;;2*-2;+4. The van der Waals surface area contributed by atoms with E-state index in [4.69, 9.17) is 0 Å². The van der Waals surface area contributed by atoms with Gasteiger partial charge in [-0.05, 0) is 0 Å². The SMILES string of the molecule is O.O.O.O.[O-2].[O-2].[Zr+4]. The van der Waals surface area contributed by atoms with Gasteiger partial charge in [0.05, 0.1) is 0 Å². The van der Waals surface area contributed by atoms with Crippen LogP contribution in [0.5, 0.6) is 0 Å². The predicted octanol–water partition coefficient (Wildman–Crippen LogP) is -3.54. The number of hydrogen-bond donors (Lipinski definition) is 0. The zero-order valence-corrected chi connectivity index (χ0v) is 5.77. The van der Waals surface area contributed by atoms with Gasteiger partial charge in [-0.3, -0.25) is 0 Å². The van der Waals surface area contributed by atoms with E-state index in [1.807, 2.05) is 0 Å². The molecular formula is H8O6Zr. The summed E-state index contributed by atoms with van der Waals surface area (Å²) in [7, 11) is 0. The summed E-state index contributed by atoms with van der Waals surface area (Å²) in [6, 6.07) is 0. The molecule has 0 atom stereocenters. The molecule has 0 aliphatic heterocycles. The predicted molar refractivity (Wildman–Crippen MR) is 15.8 cm³/mol. The van der Waals surface area contributed by atoms with Crippen molar-refractivity contribution in [1.29, 1.82) is 0 Å². The van der Waals surface area contributed by atoms with Gasteiger partial charge in [0, 0.05) is 0 Å². The molecule has 0 heterocycles. The first-order chi connectivity index (χ1) is 0. The molecule has 0 unspecified atom stereocenters. The van der Waals surface area contributed by atoms with E-state index >= 15 is 0 Å². The van der Waals surface area contributed by atoms with Crippen molar-refractivity contribution < 1.29 is 59.1 Å². The third-order valence-corrected chi connectivity index (χ3v) is 0. The molecule has 0 saturated carbocycles. The summed E-state index contributed by atoms with van der Waals surface area (Å²) in [4.78, 5) is 0. The van der Waals surface area contributed by atoms with E-state index in [9.17, 15) is 0 Å². The Morgan fingerprint density at radius 1 is 0.429 bits per heavy atom. The van der Waals surface area contributed by atoms with Crippen molar-refractivity contribution in [3.05, 3.63) is 0 Å². The summed E-state index contributed by atoms with van der Waals surface area (Å²) in [5.74, 6) is 0. The van der Waals surface area contributed by atoms with E-state index in [0.717, 1.165) is 0 Å². The molecule has 0 aliphatic carbocycles. The van der Waals surface area contributed by atoms with Crippen LogP contribution in [0.3, 0.4) is 0 Å². The number of rotatable bonds is 0. The normalized spacial score (nSPS) is 0. The topological polar surface area (TPSA) is 183 Å². The minimum Gasteiger partial charge on any atom is -2.00 e. The molecule has 0 aromatic rings. The van der Waals surface area contributed by atoms with E-state index in [1.165, 1.54) is 0 Å². The van der Waals surface area contributed by atoms with Crippen LogP contribution in [0, 0.1) is 0 Å². The van der Waals surface area contributed by atoms with Crippen molar-refractivity contribution in [3.63, 3.8) is 0 Å². The van der Waals surface area contributed by atoms with Crippen LogP contribution in [-0.4, -0.2) is 21.9 Å². The summed E-state index contributed by atoms with van der Waals surface area (Å²) in [5, 5.41) is 0. The molecule has 7 heteroatoms. The summed E-state index contributed by atoms with van der Waals surface area (Å²) >= 11 is 0. The molecule has 7 heavy (non-hydrogen) atoms. The first-order valence-corrected chi connectivity index (χ1v) is 0. The van der Waals surface area contributed by atoms with Gasteiger partial charge in [0.25, 0.3) is 0 Å². The Labute approximate surface area is 59.5 Å². The second-order valence-electron chi connectivity index (χ2n) is 0. The zero-order chi connectivity index (χ0) is 0. The van der Waals surface area contributed by atoms with Crippen LogP contribution in [-0.2, 0) is 37.2 Å². The van der Waals surface area contributed by atoms with Gasteiger partial charge in [-0.2, -0.15) is 0 Å². The van der Waals surface area contributed by atoms with Crippen molar-refractivity contribution in [2.24, 2.45) is 0 Å². The van der Waals surface area contributed by atoms with Gasteiger partial charge < -0.3 is 32.9 Å². The molecule has 0 rings (SSSR count). The monoisotopic (exact) mass is 194 g/mol. The van der Waals surface area contributed by atoms with Crippen LogP contribution >= 0.6 is 0 Å². The summed E-state index contributed by atoms with van der Waals surface area (Å²) in [5.41, 5.74) is 0. The smallest absolute Gasteiger partial charge is 2.00 e. The molecule has 0 saturated heterocycles. The molecule has 0 aliphatic rings. The van der Waals surface area contributed by atoms with Gasteiger partial charge in [-0.25, -0.2) is 0 Å². The molecule has 8 N–H and O–H groups in total. The molecule has 0 radical (unpaired) electrons. The Morgan fingerprint density at radius 2 is 0.429 bits per heavy atom. The Morgan fingerprint density at radius 3 is 0.429 bits per heavy atom. The second-order valence-corrected chi connectivity index (χ2v) is 0. The fraction of sp³-hybridized carbons (Fsp3) is 0. The maximum atomic E-state index is 0. The van der Waals surface area contributed by atoms with E-state index in [0.29, 0.717) is 0 Å².